The van der Waals surface area contributed by atoms with Crippen molar-refractivity contribution in [2.75, 3.05) is 6.54 Å². The van der Waals surface area contributed by atoms with Gasteiger partial charge in [0.1, 0.15) is 0 Å². The molecule has 0 bridgehead atoms. The summed E-state index contributed by atoms with van der Waals surface area (Å²) in [5, 5.41) is 3.91. The Labute approximate surface area is 120 Å². The van der Waals surface area contributed by atoms with E-state index in [2.05, 4.69) is 33.0 Å². The third-order valence-corrected chi connectivity index (χ3v) is 5.91. The van der Waals surface area contributed by atoms with Gasteiger partial charge in [-0.3, -0.25) is 0 Å². The zero-order valence-electron chi connectivity index (χ0n) is 13.7. The van der Waals surface area contributed by atoms with Gasteiger partial charge in [-0.15, -0.1) is 0 Å². The monoisotopic (exact) mass is 265 g/mol. The van der Waals surface area contributed by atoms with Crippen LogP contribution < -0.4 is 5.32 Å². The van der Waals surface area contributed by atoms with Crippen molar-refractivity contribution < 1.29 is 0 Å². The van der Waals surface area contributed by atoms with Crippen LogP contribution in [0.5, 0.6) is 0 Å². The Hall–Kier alpha value is -0.0400. The molecule has 1 N–H and O–H groups in total. The van der Waals surface area contributed by atoms with Crippen LogP contribution in [-0.4, -0.2) is 12.6 Å². The maximum Gasteiger partial charge on any atom is 0.00932 e. The highest BCUT2D eigenvalue weighted by atomic mass is 14.9. The smallest absolute Gasteiger partial charge is 0.00932 e. The summed E-state index contributed by atoms with van der Waals surface area (Å²) in [5.41, 5.74) is 0.580. The van der Waals surface area contributed by atoms with Gasteiger partial charge in [0, 0.05) is 6.04 Å². The summed E-state index contributed by atoms with van der Waals surface area (Å²) < 4.78 is 0. The zero-order chi connectivity index (χ0) is 13.9. The van der Waals surface area contributed by atoms with E-state index in [0.29, 0.717) is 5.41 Å². The molecule has 0 heterocycles. The standard InChI is InChI=1S/C18H35N/c1-5-15-6-8-16(9-7-15)13-19-17-10-11-18(3,4)12-14(17)2/h14-17,19H,5-13H2,1-4H3. The second kappa shape index (κ2) is 6.61. The van der Waals surface area contributed by atoms with Gasteiger partial charge in [0.25, 0.3) is 0 Å². The summed E-state index contributed by atoms with van der Waals surface area (Å²) in [6.45, 7) is 11.0. The molecule has 0 aromatic carbocycles. The van der Waals surface area contributed by atoms with E-state index in [1.165, 1.54) is 57.9 Å². The largest absolute Gasteiger partial charge is 0.313 e. The van der Waals surface area contributed by atoms with E-state index in [4.69, 9.17) is 0 Å². The minimum atomic E-state index is 0.580. The second-order valence-electron chi connectivity index (χ2n) is 8.19. The first-order chi connectivity index (χ1) is 9.00. The van der Waals surface area contributed by atoms with Crippen molar-refractivity contribution in [3.8, 4) is 0 Å². The number of nitrogens with one attached hydrogen (secondary N) is 1. The molecule has 0 saturated heterocycles. The van der Waals surface area contributed by atoms with E-state index in [0.717, 1.165) is 23.8 Å². The summed E-state index contributed by atoms with van der Waals surface area (Å²) in [5.74, 6) is 2.85. The van der Waals surface area contributed by atoms with Gasteiger partial charge in [0.2, 0.25) is 0 Å². The van der Waals surface area contributed by atoms with Crippen LogP contribution in [0, 0.1) is 23.2 Å². The molecule has 2 fully saturated rings. The maximum absolute atomic E-state index is 3.91. The molecule has 0 aliphatic heterocycles. The Morgan fingerprint density at radius 1 is 1.00 bits per heavy atom. The van der Waals surface area contributed by atoms with E-state index in [-0.39, 0.29) is 0 Å². The number of rotatable bonds is 4. The summed E-state index contributed by atoms with van der Waals surface area (Å²) in [6, 6.07) is 0.789. The minimum absolute atomic E-state index is 0.580. The van der Waals surface area contributed by atoms with E-state index in [1.807, 2.05) is 0 Å². The fraction of sp³-hybridized carbons (Fsp3) is 1.00. The van der Waals surface area contributed by atoms with Crippen LogP contribution in [0.1, 0.15) is 79.1 Å². The van der Waals surface area contributed by atoms with Gasteiger partial charge in [0.05, 0.1) is 0 Å². The normalized spacial score (nSPS) is 39.2. The maximum atomic E-state index is 3.91. The van der Waals surface area contributed by atoms with Crippen molar-refractivity contribution in [2.24, 2.45) is 23.2 Å². The summed E-state index contributed by atoms with van der Waals surface area (Å²) in [6.07, 6.45) is 11.5. The first-order valence-electron chi connectivity index (χ1n) is 8.73. The molecular weight excluding hydrogens is 230 g/mol. The summed E-state index contributed by atoms with van der Waals surface area (Å²) >= 11 is 0. The third-order valence-electron chi connectivity index (χ3n) is 5.91. The van der Waals surface area contributed by atoms with Gasteiger partial charge in [-0.1, -0.05) is 47.0 Å². The van der Waals surface area contributed by atoms with Crippen LogP contribution in [0.3, 0.4) is 0 Å². The van der Waals surface area contributed by atoms with E-state index in [9.17, 15) is 0 Å². The molecule has 0 spiro atoms. The Morgan fingerprint density at radius 2 is 1.63 bits per heavy atom. The van der Waals surface area contributed by atoms with Crippen LogP contribution in [0.15, 0.2) is 0 Å². The second-order valence-corrected chi connectivity index (χ2v) is 8.19. The molecule has 2 unspecified atom stereocenters. The van der Waals surface area contributed by atoms with Gasteiger partial charge in [-0.2, -0.15) is 0 Å². The molecule has 1 heteroatoms. The predicted octanol–water partition coefficient (Wildman–Crippen LogP) is 5.01. The average Bonchev–Trinajstić information content (AvgIpc) is 2.37. The van der Waals surface area contributed by atoms with Gasteiger partial charge in [-0.05, 0) is 61.8 Å². The Morgan fingerprint density at radius 3 is 2.21 bits per heavy atom. The van der Waals surface area contributed by atoms with Crippen molar-refractivity contribution in [3.05, 3.63) is 0 Å². The fourth-order valence-corrected chi connectivity index (χ4v) is 4.41. The Balaban J connectivity index is 1.69. The highest BCUT2D eigenvalue weighted by molar-refractivity contribution is 4.87. The highest BCUT2D eigenvalue weighted by Gasteiger charge is 2.32. The molecule has 2 atom stereocenters. The van der Waals surface area contributed by atoms with Gasteiger partial charge >= 0.3 is 0 Å². The summed E-state index contributed by atoms with van der Waals surface area (Å²) in [7, 11) is 0. The van der Waals surface area contributed by atoms with Crippen LogP contribution in [0.25, 0.3) is 0 Å². The van der Waals surface area contributed by atoms with Crippen molar-refractivity contribution in [1.82, 2.24) is 5.32 Å². The van der Waals surface area contributed by atoms with E-state index >= 15 is 0 Å². The lowest BCUT2D eigenvalue weighted by molar-refractivity contribution is 0.141. The predicted molar refractivity (Wildman–Crippen MR) is 84.3 cm³/mol. The Bertz CT molecular complexity index is 263. The lowest BCUT2D eigenvalue weighted by Crippen LogP contribution is -2.43. The molecule has 2 saturated carbocycles. The van der Waals surface area contributed by atoms with E-state index in [1.54, 1.807) is 0 Å². The molecule has 0 amide bonds. The first kappa shape index (κ1) is 15.4. The molecule has 0 radical (unpaired) electrons. The topological polar surface area (TPSA) is 12.0 Å². The van der Waals surface area contributed by atoms with Gasteiger partial charge in [0.15, 0.2) is 0 Å². The minimum Gasteiger partial charge on any atom is -0.313 e. The lowest BCUT2D eigenvalue weighted by Gasteiger charge is -2.40. The van der Waals surface area contributed by atoms with Crippen LogP contribution in [0.4, 0.5) is 0 Å². The fourth-order valence-electron chi connectivity index (χ4n) is 4.41. The Kier molecular flexibility index (Phi) is 5.34. The lowest BCUT2D eigenvalue weighted by atomic mass is 9.70. The van der Waals surface area contributed by atoms with Crippen molar-refractivity contribution >= 4 is 0 Å². The van der Waals surface area contributed by atoms with Gasteiger partial charge < -0.3 is 5.32 Å². The quantitative estimate of drug-likeness (QED) is 0.753. The number of hydrogen-bond donors (Lipinski definition) is 1. The van der Waals surface area contributed by atoms with Crippen molar-refractivity contribution in [2.45, 2.75) is 85.1 Å². The zero-order valence-corrected chi connectivity index (χ0v) is 13.7. The molecule has 112 valence electrons. The molecule has 0 aromatic rings. The SMILES string of the molecule is CCC1CCC(CNC2CCC(C)(C)CC2C)CC1. The molecular formula is C18H35N. The molecule has 2 aliphatic rings. The van der Waals surface area contributed by atoms with Crippen LogP contribution >= 0.6 is 0 Å². The third kappa shape index (κ3) is 4.48. The van der Waals surface area contributed by atoms with Crippen molar-refractivity contribution in [1.29, 1.82) is 0 Å². The van der Waals surface area contributed by atoms with Crippen LogP contribution in [-0.2, 0) is 0 Å². The molecule has 1 nitrogen and oxygen atoms in total. The van der Waals surface area contributed by atoms with Gasteiger partial charge in [-0.25, -0.2) is 0 Å². The molecule has 2 aliphatic carbocycles. The van der Waals surface area contributed by atoms with Crippen molar-refractivity contribution in [3.63, 3.8) is 0 Å². The molecule has 0 aromatic heterocycles. The average molecular weight is 265 g/mol. The van der Waals surface area contributed by atoms with E-state index < -0.39 is 0 Å². The molecule has 19 heavy (non-hydrogen) atoms. The molecule has 2 rings (SSSR count). The van der Waals surface area contributed by atoms with Crippen LogP contribution in [0.2, 0.25) is 0 Å². The summed E-state index contributed by atoms with van der Waals surface area (Å²) in [4.78, 5) is 0. The number of hydrogen-bond acceptors (Lipinski definition) is 1. The first-order valence-corrected chi connectivity index (χ1v) is 8.73. The highest BCUT2D eigenvalue weighted by Crippen LogP contribution is 2.38.